The Hall–Kier alpha value is -1.82. The molecule has 0 radical (unpaired) electrons. The Balaban J connectivity index is 1.44. The molecule has 2 saturated heterocycles. The number of carbonyl (C=O) groups excluding carboxylic acids is 1. The highest BCUT2D eigenvalue weighted by Gasteiger charge is 2.28. The lowest BCUT2D eigenvalue weighted by atomic mass is 9.93. The van der Waals surface area contributed by atoms with Gasteiger partial charge in [0.1, 0.15) is 5.82 Å². The highest BCUT2D eigenvalue weighted by atomic mass is 16.2. The van der Waals surface area contributed by atoms with E-state index in [1.807, 2.05) is 13.0 Å². The number of nitrogens with zero attached hydrogens (tertiary/aromatic N) is 3. The first kappa shape index (κ1) is 21.9. The van der Waals surface area contributed by atoms with E-state index >= 15 is 0 Å². The molecule has 0 bridgehead atoms. The summed E-state index contributed by atoms with van der Waals surface area (Å²) in [4.78, 5) is 22.1. The van der Waals surface area contributed by atoms with Crippen molar-refractivity contribution in [3.05, 3.63) is 23.9 Å². The predicted molar refractivity (Wildman–Crippen MR) is 119 cm³/mol. The summed E-state index contributed by atoms with van der Waals surface area (Å²) in [6.07, 6.45) is 6.85. The molecule has 2 aliphatic heterocycles. The van der Waals surface area contributed by atoms with Crippen LogP contribution in [0.15, 0.2) is 18.2 Å². The molecule has 0 aromatic carbocycles. The number of anilines is 1. The quantitative estimate of drug-likeness (QED) is 0.699. The highest BCUT2D eigenvalue weighted by molar-refractivity contribution is 5.74. The van der Waals surface area contributed by atoms with Gasteiger partial charge in [0.05, 0.1) is 0 Å². The van der Waals surface area contributed by atoms with Crippen LogP contribution in [0.25, 0.3) is 0 Å². The van der Waals surface area contributed by atoms with Crippen molar-refractivity contribution in [3.63, 3.8) is 0 Å². The SMILES string of the molecule is CCC(CC)C(CNC(=O)NC1CCN(c2cccc(C)n2)CC1)N1CCCC1. The molecule has 1 atom stereocenters. The summed E-state index contributed by atoms with van der Waals surface area (Å²) in [5.41, 5.74) is 1.05. The molecule has 6 nitrogen and oxygen atoms in total. The van der Waals surface area contributed by atoms with Crippen molar-refractivity contribution in [2.45, 2.75) is 71.4 Å². The molecule has 1 aromatic rings. The Kier molecular flexibility index (Phi) is 8.16. The predicted octanol–water partition coefficient (Wildman–Crippen LogP) is 3.56. The van der Waals surface area contributed by atoms with Crippen LogP contribution in [0, 0.1) is 12.8 Å². The molecule has 3 heterocycles. The largest absolute Gasteiger partial charge is 0.356 e. The maximum Gasteiger partial charge on any atom is 0.315 e. The lowest BCUT2D eigenvalue weighted by Gasteiger charge is -2.35. The zero-order valence-electron chi connectivity index (χ0n) is 18.5. The summed E-state index contributed by atoms with van der Waals surface area (Å²) in [6.45, 7) is 11.6. The molecule has 1 aromatic heterocycles. The average molecular weight is 402 g/mol. The third-order valence-electron chi connectivity index (χ3n) is 6.70. The van der Waals surface area contributed by atoms with Crippen molar-refractivity contribution in [1.82, 2.24) is 20.5 Å². The van der Waals surface area contributed by atoms with Gasteiger partial charge in [-0.25, -0.2) is 9.78 Å². The first-order chi connectivity index (χ1) is 14.1. The fourth-order valence-electron chi connectivity index (χ4n) is 4.89. The number of likely N-dealkylation sites (tertiary alicyclic amines) is 1. The number of pyridine rings is 1. The van der Waals surface area contributed by atoms with Gasteiger partial charge in [0.2, 0.25) is 0 Å². The molecular weight excluding hydrogens is 362 g/mol. The van der Waals surface area contributed by atoms with Gasteiger partial charge in [-0.2, -0.15) is 0 Å². The molecule has 29 heavy (non-hydrogen) atoms. The molecule has 1 unspecified atom stereocenters. The van der Waals surface area contributed by atoms with Gasteiger partial charge in [0.15, 0.2) is 0 Å². The zero-order chi connectivity index (χ0) is 20.6. The second-order valence-corrected chi connectivity index (χ2v) is 8.64. The smallest absolute Gasteiger partial charge is 0.315 e. The van der Waals surface area contributed by atoms with E-state index in [9.17, 15) is 4.79 Å². The number of nitrogens with one attached hydrogen (secondary N) is 2. The number of carbonyl (C=O) groups is 1. The molecule has 6 heteroatoms. The number of piperidine rings is 1. The molecule has 2 aliphatic rings. The molecule has 3 rings (SSSR count). The van der Waals surface area contributed by atoms with Crippen molar-refractivity contribution in [1.29, 1.82) is 0 Å². The molecule has 0 aliphatic carbocycles. The Morgan fingerprint density at radius 1 is 1.14 bits per heavy atom. The van der Waals surface area contributed by atoms with E-state index in [1.165, 1.54) is 38.8 Å². The summed E-state index contributed by atoms with van der Waals surface area (Å²) >= 11 is 0. The van der Waals surface area contributed by atoms with Crippen LogP contribution < -0.4 is 15.5 Å². The molecule has 0 spiro atoms. The minimum absolute atomic E-state index is 0.00714. The maximum atomic E-state index is 12.6. The molecule has 2 N–H and O–H groups in total. The molecule has 2 amide bonds. The van der Waals surface area contributed by atoms with Gasteiger partial charge in [-0.3, -0.25) is 4.90 Å². The summed E-state index contributed by atoms with van der Waals surface area (Å²) in [5, 5.41) is 6.40. The third kappa shape index (κ3) is 6.08. The van der Waals surface area contributed by atoms with Gasteiger partial charge in [-0.05, 0) is 63.7 Å². The Labute approximate surface area is 176 Å². The van der Waals surface area contributed by atoms with Gasteiger partial charge in [-0.15, -0.1) is 0 Å². The summed E-state index contributed by atoms with van der Waals surface area (Å²) in [5.74, 6) is 1.70. The van der Waals surface area contributed by atoms with Crippen LogP contribution in [0.1, 0.15) is 58.1 Å². The lowest BCUT2D eigenvalue weighted by molar-refractivity contribution is 0.161. The highest BCUT2D eigenvalue weighted by Crippen LogP contribution is 2.22. The number of aromatic nitrogens is 1. The standard InChI is InChI=1S/C23H39N5O/c1-4-19(5-2)21(27-13-6-7-14-27)17-24-23(29)26-20-11-15-28(16-12-20)22-10-8-9-18(3)25-22/h8-10,19-21H,4-7,11-17H2,1-3H3,(H2,24,26,29). The molecule has 2 fully saturated rings. The van der Waals surface area contributed by atoms with E-state index < -0.39 is 0 Å². The van der Waals surface area contributed by atoms with E-state index in [4.69, 9.17) is 0 Å². The molecule has 0 saturated carbocycles. The minimum Gasteiger partial charge on any atom is -0.356 e. The number of aryl methyl sites for hydroxylation is 1. The minimum atomic E-state index is -0.00714. The van der Waals surface area contributed by atoms with Crippen molar-refractivity contribution in [3.8, 4) is 0 Å². The third-order valence-corrected chi connectivity index (χ3v) is 6.70. The van der Waals surface area contributed by atoms with Crippen LogP contribution in [0.3, 0.4) is 0 Å². The lowest BCUT2D eigenvalue weighted by Crippen LogP contribution is -2.52. The van der Waals surface area contributed by atoms with Crippen LogP contribution in [-0.2, 0) is 0 Å². The number of rotatable bonds is 8. The van der Waals surface area contributed by atoms with E-state index in [-0.39, 0.29) is 12.1 Å². The van der Waals surface area contributed by atoms with Gasteiger partial charge < -0.3 is 15.5 Å². The van der Waals surface area contributed by atoms with Crippen molar-refractivity contribution in [2.24, 2.45) is 5.92 Å². The van der Waals surface area contributed by atoms with E-state index in [1.54, 1.807) is 0 Å². The van der Waals surface area contributed by atoms with Crippen LogP contribution >= 0.6 is 0 Å². The summed E-state index contributed by atoms with van der Waals surface area (Å²) in [7, 11) is 0. The Morgan fingerprint density at radius 3 is 2.45 bits per heavy atom. The van der Waals surface area contributed by atoms with Crippen molar-refractivity contribution in [2.75, 3.05) is 37.6 Å². The number of amides is 2. The number of urea groups is 1. The maximum absolute atomic E-state index is 12.6. The van der Waals surface area contributed by atoms with E-state index in [2.05, 4.69) is 51.4 Å². The second-order valence-electron chi connectivity index (χ2n) is 8.64. The molecular formula is C23H39N5O. The second kappa shape index (κ2) is 10.8. The summed E-state index contributed by atoms with van der Waals surface area (Å²) in [6, 6.07) is 6.86. The first-order valence-corrected chi connectivity index (χ1v) is 11.6. The van der Waals surface area contributed by atoms with E-state index in [0.29, 0.717) is 12.0 Å². The first-order valence-electron chi connectivity index (χ1n) is 11.6. The molecule has 162 valence electrons. The number of hydrogen-bond acceptors (Lipinski definition) is 4. The Bertz CT molecular complexity index is 632. The average Bonchev–Trinajstić information content (AvgIpc) is 3.26. The van der Waals surface area contributed by atoms with Crippen LogP contribution in [0.4, 0.5) is 10.6 Å². The van der Waals surface area contributed by atoms with Gasteiger partial charge in [-0.1, -0.05) is 32.8 Å². The topological polar surface area (TPSA) is 60.5 Å². The van der Waals surface area contributed by atoms with Crippen LogP contribution in [0.5, 0.6) is 0 Å². The Morgan fingerprint density at radius 2 is 1.83 bits per heavy atom. The van der Waals surface area contributed by atoms with Gasteiger partial charge in [0.25, 0.3) is 0 Å². The fourth-order valence-corrected chi connectivity index (χ4v) is 4.89. The zero-order valence-corrected chi connectivity index (χ0v) is 18.5. The van der Waals surface area contributed by atoms with Crippen LogP contribution in [0.2, 0.25) is 0 Å². The van der Waals surface area contributed by atoms with Crippen molar-refractivity contribution < 1.29 is 4.79 Å². The fraction of sp³-hybridized carbons (Fsp3) is 0.739. The van der Waals surface area contributed by atoms with Crippen LogP contribution in [-0.4, -0.2) is 60.7 Å². The number of hydrogen-bond donors (Lipinski definition) is 2. The monoisotopic (exact) mass is 401 g/mol. The summed E-state index contributed by atoms with van der Waals surface area (Å²) < 4.78 is 0. The van der Waals surface area contributed by atoms with Gasteiger partial charge in [0, 0.05) is 37.4 Å². The van der Waals surface area contributed by atoms with Gasteiger partial charge >= 0.3 is 6.03 Å². The van der Waals surface area contributed by atoms with E-state index in [0.717, 1.165) is 44.0 Å². The normalized spacial score (nSPS) is 19.5. The van der Waals surface area contributed by atoms with Crippen molar-refractivity contribution >= 4 is 11.8 Å².